The first-order valence-electron chi connectivity index (χ1n) is 7.34. The number of hydrogen-bond donors (Lipinski definition) is 1. The predicted octanol–water partition coefficient (Wildman–Crippen LogP) is 4.38. The van der Waals surface area contributed by atoms with Crippen molar-refractivity contribution >= 4 is 22.9 Å². The van der Waals surface area contributed by atoms with Crippen LogP contribution >= 0.6 is 22.9 Å². The zero-order chi connectivity index (χ0) is 15.2. The van der Waals surface area contributed by atoms with E-state index in [4.69, 9.17) is 11.6 Å². The molecule has 0 unspecified atom stereocenters. The summed E-state index contributed by atoms with van der Waals surface area (Å²) in [5.74, 6) is 0. The second kappa shape index (κ2) is 7.78. The number of halogens is 1. The molecule has 2 aromatic rings. The molecule has 1 aromatic carbocycles. The number of unbranched alkanes of at least 4 members (excludes halogenated alkanes) is 1. The summed E-state index contributed by atoms with van der Waals surface area (Å²) < 4.78 is 0. The fourth-order valence-corrected chi connectivity index (χ4v) is 3.28. The van der Waals surface area contributed by atoms with Gasteiger partial charge in [-0.25, -0.2) is 0 Å². The average molecular weight is 325 g/mol. The van der Waals surface area contributed by atoms with Gasteiger partial charge in [0.1, 0.15) is 0 Å². The van der Waals surface area contributed by atoms with Gasteiger partial charge in [-0.1, -0.05) is 55.3 Å². The van der Waals surface area contributed by atoms with Crippen molar-refractivity contribution in [2.24, 2.45) is 0 Å². The van der Waals surface area contributed by atoms with E-state index < -0.39 is 0 Å². The molecule has 3 nitrogen and oxygen atoms in total. The van der Waals surface area contributed by atoms with Gasteiger partial charge in [-0.3, -0.25) is 9.69 Å². The molecular formula is C16H21ClN2OS. The SMILES string of the molecule is CCCCN(CC)Cc1sc(=O)[nH]c1-c1ccc(Cl)cc1. The van der Waals surface area contributed by atoms with Crippen molar-refractivity contribution in [3.63, 3.8) is 0 Å². The summed E-state index contributed by atoms with van der Waals surface area (Å²) in [4.78, 5) is 18.2. The first-order chi connectivity index (χ1) is 10.1. The maximum absolute atomic E-state index is 11.8. The molecule has 0 saturated carbocycles. The number of rotatable bonds is 7. The zero-order valence-corrected chi connectivity index (χ0v) is 14.1. The van der Waals surface area contributed by atoms with Gasteiger partial charge < -0.3 is 4.98 Å². The zero-order valence-electron chi connectivity index (χ0n) is 12.5. The van der Waals surface area contributed by atoms with Gasteiger partial charge in [-0.2, -0.15) is 0 Å². The van der Waals surface area contributed by atoms with Gasteiger partial charge in [0.15, 0.2) is 0 Å². The van der Waals surface area contributed by atoms with E-state index in [1.807, 2.05) is 24.3 Å². The van der Waals surface area contributed by atoms with Crippen LogP contribution in [0.5, 0.6) is 0 Å². The minimum absolute atomic E-state index is 0.00138. The van der Waals surface area contributed by atoms with Crippen molar-refractivity contribution in [3.8, 4) is 11.3 Å². The summed E-state index contributed by atoms with van der Waals surface area (Å²) in [6.45, 7) is 7.23. The number of nitrogens with one attached hydrogen (secondary N) is 1. The van der Waals surface area contributed by atoms with Crippen molar-refractivity contribution in [2.45, 2.75) is 33.2 Å². The highest BCUT2D eigenvalue weighted by Crippen LogP contribution is 2.25. The van der Waals surface area contributed by atoms with Crippen LogP contribution in [0, 0.1) is 0 Å². The Balaban J connectivity index is 2.24. The van der Waals surface area contributed by atoms with Crippen LogP contribution in [-0.2, 0) is 6.54 Å². The van der Waals surface area contributed by atoms with E-state index in [-0.39, 0.29) is 4.87 Å². The van der Waals surface area contributed by atoms with Crippen molar-refractivity contribution in [1.29, 1.82) is 0 Å². The molecular weight excluding hydrogens is 304 g/mol. The molecule has 0 spiro atoms. The molecule has 0 fully saturated rings. The Labute approximate surface area is 134 Å². The van der Waals surface area contributed by atoms with Crippen molar-refractivity contribution in [1.82, 2.24) is 9.88 Å². The minimum Gasteiger partial charge on any atom is -0.312 e. The third-order valence-corrected chi connectivity index (χ3v) is 4.62. The fraction of sp³-hybridized carbons (Fsp3) is 0.438. The molecule has 1 N–H and O–H groups in total. The lowest BCUT2D eigenvalue weighted by atomic mass is 10.1. The van der Waals surface area contributed by atoms with Gasteiger partial charge in [-0.15, -0.1) is 0 Å². The normalized spacial score (nSPS) is 11.2. The third-order valence-electron chi connectivity index (χ3n) is 3.50. The molecule has 114 valence electrons. The summed E-state index contributed by atoms with van der Waals surface area (Å²) in [7, 11) is 0. The van der Waals surface area contributed by atoms with Crippen LogP contribution in [0.25, 0.3) is 11.3 Å². The molecule has 5 heteroatoms. The Kier molecular flexibility index (Phi) is 6.03. The number of aromatic amines is 1. The van der Waals surface area contributed by atoms with Crippen LogP contribution in [-0.4, -0.2) is 23.0 Å². The number of hydrogen-bond acceptors (Lipinski definition) is 3. The minimum atomic E-state index is 0.00138. The number of thiazole rings is 1. The Bertz CT molecular complexity index is 618. The number of aromatic nitrogens is 1. The maximum atomic E-state index is 11.8. The molecule has 1 aromatic heterocycles. The van der Waals surface area contributed by atoms with E-state index in [0.717, 1.165) is 35.8 Å². The number of nitrogens with zero attached hydrogens (tertiary/aromatic N) is 1. The Morgan fingerprint density at radius 3 is 2.57 bits per heavy atom. The summed E-state index contributed by atoms with van der Waals surface area (Å²) in [6, 6.07) is 7.61. The third kappa shape index (κ3) is 4.43. The van der Waals surface area contributed by atoms with Gasteiger partial charge in [0.05, 0.1) is 5.69 Å². The molecule has 0 bridgehead atoms. The van der Waals surface area contributed by atoms with Crippen LogP contribution in [0.4, 0.5) is 0 Å². The Morgan fingerprint density at radius 2 is 1.95 bits per heavy atom. The second-order valence-corrected chi connectivity index (χ2v) is 6.55. The second-order valence-electron chi connectivity index (χ2n) is 5.04. The van der Waals surface area contributed by atoms with Crippen LogP contribution in [0.15, 0.2) is 29.1 Å². The highest BCUT2D eigenvalue weighted by molar-refractivity contribution is 7.09. The van der Waals surface area contributed by atoms with E-state index in [1.165, 1.54) is 24.2 Å². The number of H-pyrrole nitrogens is 1. The Hall–Kier alpha value is -1.10. The van der Waals surface area contributed by atoms with E-state index in [2.05, 4.69) is 23.7 Å². The lowest BCUT2D eigenvalue weighted by Gasteiger charge is -2.19. The highest BCUT2D eigenvalue weighted by atomic mass is 35.5. The topological polar surface area (TPSA) is 36.1 Å². The van der Waals surface area contributed by atoms with Crippen LogP contribution in [0.2, 0.25) is 5.02 Å². The smallest absolute Gasteiger partial charge is 0.305 e. The molecule has 1 heterocycles. The maximum Gasteiger partial charge on any atom is 0.305 e. The van der Waals surface area contributed by atoms with E-state index in [0.29, 0.717) is 5.02 Å². The first kappa shape index (κ1) is 16.3. The summed E-state index contributed by atoms with van der Waals surface area (Å²) >= 11 is 7.24. The lowest BCUT2D eigenvalue weighted by Crippen LogP contribution is -2.23. The summed E-state index contributed by atoms with van der Waals surface area (Å²) in [5.41, 5.74) is 1.94. The summed E-state index contributed by atoms with van der Waals surface area (Å²) in [6.07, 6.45) is 2.37. The van der Waals surface area contributed by atoms with Gasteiger partial charge in [-0.05, 0) is 37.2 Å². The van der Waals surface area contributed by atoms with Crippen molar-refractivity contribution < 1.29 is 0 Å². The fourth-order valence-electron chi connectivity index (χ4n) is 2.26. The molecule has 0 aliphatic heterocycles. The molecule has 0 aliphatic carbocycles. The molecule has 0 radical (unpaired) electrons. The quantitative estimate of drug-likeness (QED) is 0.820. The standard InChI is InChI=1S/C16H21ClN2OS/c1-3-5-10-19(4-2)11-14-15(18-16(20)21-14)12-6-8-13(17)9-7-12/h6-9H,3-5,10-11H2,1-2H3,(H,18,20). The summed E-state index contributed by atoms with van der Waals surface area (Å²) in [5, 5.41) is 0.705. The lowest BCUT2D eigenvalue weighted by molar-refractivity contribution is 0.278. The predicted molar refractivity (Wildman–Crippen MR) is 91.2 cm³/mol. The highest BCUT2D eigenvalue weighted by Gasteiger charge is 2.13. The van der Waals surface area contributed by atoms with E-state index in [9.17, 15) is 4.79 Å². The largest absolute Gasteiger partial charge is 0.312 e. The van der Waals surface area contributed by atoms with Crippen LogP contribution < -0.4 is 4.87 Å². The van der Waals surface area contributed by atoms with Gasteiger partial charge in [0.25, 0.3) is 0 Å². The number of benzene rings is 1. The van der Waals surface area contributed by atoms with Crippen molar-refractivity contribution in [3.05, 3.63) is 43.8 Å². The molecule has 2 rings (SSSR count). The molecule has 0 aliphatic rings. The van der Waals surface area contributed by atoms with Crippen LogP contribution in [0.1, 0.15) is 31.6 Å². The first-order valence-corrected chi connectivity index (χ1v) is 8.53. The van der Waals surface area contributed by atoms with Gasteiger partial charge in [0, 0.05) is 16.4 Å². The molecule has 0 amide bonds. The van der Waals surface area contributed by atoms with Gasteiger partial charge in [0.2, 0.25) is 0 Å². The molecule has 21 heavy (non-hydrogen) atoms. The van der Waals surface area contributed by atoms with Gasteiger partial charge >= 0.3 is 4.87 Å². The average Bonchev–Trinajstić information content (AvgIpc) is 2.85. The molecule has 0 saturated heterocycles. The Morgan fingerprint density at radius 1 is 1.24 bits per heavy atom. The van der Waals surface area contributed by atoms with E-state index >= 15 is 0 Å². The monoisotopic (exact) mass is 324 g/mol. The van der Waals surface area contributed by atoms with Crippen molar-refractivity contribution in [2.75, 3.05) is 13.1 Å². The van der Waals surface area contributed by atoms with Crippen LogP contribution in [0.3, 0.4) is 0 Å². The van der Waals surface area contributed by atoms with E-state index in [1.54, 1.807) is 0 Å². The molecule has 0 atom stereocenters.